The summed E-state index contributed by atoms with van der Waals surface area (Å²) in [5.41, 5.74) is 8.10. The molecule has 0 heterocycles. The fourth-order valence-corrected chi connectivity index (χ4v) is 2.67. The number of anilines is 2. The molecule has 5 heteroatoms. The van der Waals surface area contributed by atoms with E-state index in [9.17, 15) is 4.79 Å². The first-order valence-electron chi connectivity index (χ1n) is 8.15. The van der Waals surface area contributed by atoms with Crippen LogP contribution in [0.5, 0.6) is 0 Å². The summed E-state index contributed by atoms with van der Waals surface area (Å²) in [4.78, 5) is 14.8. The van der Waals surface area contributed by atoms with E-state index >= 15 is 0 Å². The van der Waals surface area contributed by atoms with Crippen LogP contribution in [0.3, 0.4) is 0 Å². The van der Waals surface area contributed by atoms with E-state index in [1.54, 1.807) is 18.2 Å². The zero-order valence-electron chi connectivity index (χ0n) is 14.1. The van der Waals surface area contributed by atoms with Crippen LogP contribution in [0.1, 0.15) is 25.8 Å². The van der Waals surface area contributed by atoms with Crippen LogP contribution in [-0.2, 0) is 11.3 Å². The third kappa shape index (κ3) is 4.98. The molecule has 2 aromatic carbocycles. The number of amides is 1. The van der Waals surface area contributed by atoms with Gasteiger partial charge >= 0.3 is 0 Å². The number of nitrogens with one attached hydrogen (secondary N) is 1. The molecule has 0 saturated heterocycles. The van der Waals surface area contributed by atoms with Gasteiger partial charge in [0.1, 0.15) is 0 Å². The molecule has 0 fully saturated rings. The van der Waals surface area contributed by atoms with E-state index in [1.165, 1.54) is 5.56 Å². The zero-order valence-corrected chi connectivity index (χ0v) is 14.9. The highest BCUT2D eigenvalue weighted by Gasteiger charge is 2.21. The molecule has 0 spiro atoms. The summed E-state index contributed by atoms with van der Waals surface area (Å²) in [6, 6.07) is 15.0. The van der Waals surface area contributed by atoms with Crippen molar-refractivity contribution in [3.8, 4) is 0 Å². The Morgan fingerprint density at radius 1 is 1.25 bits per heavy atom. The summed E-state index contributed by atoms with van der Waals surface area (Å²) in [6.45, 7) is 5.63. The lowest BCUT2D eigenvalue weighted by Crippen LogP contribution is -2.42. The molecule has 128 valence electrons. The fraction of sp³-hybridized carbons (Fsp3) is 0.316. The van der Waals surface area contributed by atoms with Crippen molar-refractivity contribution in [2.24, 2.45) is 0 Å². The van der Waals surface area contributed by atoms with Gasteiger partial charge in [0, 0.05) is 12.2 Å². The van der Waals surface area contributed by atoms with Crippen molar-refractivity contribution in [2.45, 2.75) is 32.9 Å². The van der Waals surface area contributed by atoms with Gasteiger partial charge in [0.15, 0.2) is 0 Å². The van der Waals surface area contributed by atoms with E-state index in [2.05, 4.69) is 29.3 Å². The van der Waals surface area contributed by atoms with Gasteiger partial charge in [-0.1, -0.05) is 48.9 Å². The smallest absolute Gasteiger partial charge is 0.241 e. The van der Waals surface area contributed by atoms with Crippen LogP contribution in [0, 0.1) is 0 Å². The van der Waals surface area contributed by atoms with E-state index in [0.29, 0.717) is 16.4 Å². The first-order chi connectivity index (χ1) is 11.5. The highest BCUT2D eigenvalue weighted by molar-refractivity contribution is 6.33. The third-order valence-electron chi connectivity index (χ3n) is 3.93. The van der Waals surface area contributed by atoms with Crippen LogP contribution in [0.15, 0.2) is 48.5 Å². The Hall–Kier alpha value is -2.04. The van der Waals surface area contributed by atoms with Gasteiger partial charge in [-0.05, 0) is 43.7 Å². The van der Waals surface area contributed by atoms with Crippen LogP contribution in [0.2, 0.25) is 5.02 Å². The fourth-order valence-electron chi connectivity index (χ4n) is 2.55. The Morgan fingerprint density at radius 3 is 2.58 bits per heavy atom. The number of nitrogens with zero attached hydrogens (tertiary/aromatic N) is 1. The van der Waals surface area contributed by atoms with Crippen molar-refractivity contribution in [3.05, 3.63) is 59.1 Å². The van der Waals surface area contributed by atoms with Crippen LogP contribution < -0.4 is 11.1 Å². The van der Waals surface area contributed by atoms with Crippen molar-refractivity contribution in [1.82, 2.24) is 4.90 Å². The van der Waals surface area contributed by atoms with E-state index in [4.69, 9.17) is 17.3 Å². The number of halogens is 1. The predicted molar refractivity (Wildman–Crippen MR) is 101 cm³/mol. The third-order valence-corrected chi connectivity index (χ3v) is 4.27. The number of carbonyl (C=O) groups excluding carboxylic acids is 1. The molecule has 2 aromatic rings. The highest BCUT2D eigenvalue weighted by Crippen LogP contribution is 2.22. The average Bonchev–Trinajstić information content (AvgIpc) is 2.58. The Morgan fingerprint density at radius 2 is 1.96 bits per heavy atom. The summed E-state index contributed by atoms with van der Waals surface area (Å²) in [5, 5.41) is 3.40. The second-order valence-electron chi connectivity index (χ2n) is 5.86. The van der Waals surface area contributed by atoms with Crippen LogP contribution >= 0.6 is 11.6 Å². The molecule has 3 N–H and O–H groups in total. The Kier molecular flexibility index (Phi) is 6.64. The summed E-state index contributed by atoms with van der Waals surface area (Å²) < 4.78 is 0. The highest BCUT2D eigenvalue weighted by atomic mass is 35.5. The molecule has 24 heavy (non-hydrogen) atoms. The van der Waals surface area contributed by atoms with Gasteiger partial charge < -0.3 is 11.1 Å². The maximum absolute atomic E-state index is 12.6. The quantitative estimate of drug-likeness (QED) is 0.741. The minimum atomic E-state index is -0.248. The molecule has 0 aliphatic rings. The summed E-state index contributed by atoms with van der Waals surface area (Å²) in [5.74, 6) is -0.0545. The van der Waals surface area contributed by atoms with Crippen molar-refractivity contribution >= 4 is 28.9 Å². The Balaban J connectivity index is 2.05. The largest absolute Gasteiger partial charge is 0.397 e. The van der Waals surface area contributed by atoms with Crippen molar-refractivity contribution in [3.63, 3.8) is 0 Å². The molecule has 1 unspecified atom stereocenters. The van der Waals surface area contributed by atoms with Gasteiger partial charge in [-0.3, -0.25) is 9.69 Å². The Labute approximate surface area is 148 Å². The number of benzene rings is 2. The van der Waals surface area contributed by atoms with Crippen LogP contribution in [0.25, 0.3) is 0 Å². The zero-order chi connectivity index (χ0) is 17.5. The summed E-state index contributed by atoms with van der Waals surface area (Å²) >= 11 is 5.92. The molecular weight excluding hydrogens is 322 g/mol. The SMILES string of the molecule is CCCN(Cc1ccccc1)C(C)C(=O)Nc1ccc(Cl)c(N)c1. The number of rotatable bonds is 7. The van der Waals surface area contributed by atoms with Crippen LogP contribution in [-0.4, -0.2) is 23.4 Å². The average molecular weight is 346 g/mol. The van der Waals surface area contributed by atoms with Crippen molar-refractivity contribution < 1.29 is 4.79 Å². The minimum Gasteiger partial charge on any atom is -0.397 e. The van der Waals surface area contributed by atoms with Gasteiger partial charge in [0.25, 0.3) is 0 Å². The number of nitrogen functional groups attached to an aromatic ring is 1. The lowest BCUT2D eigenvalue weighted by Gasteiger charge is -2.28. The minimum absolute atomic E-state index is 0.0545. The van der Waals surface area contributed by atoms with E-state index in [0.717, 1.165) is 19.5 Å². The maximum Gasteiger partial charge on any atom is 0.241 e. The van der Waals surface area contributed by atoms with Gasteiger partial charge in [-0.15, -0.1) is 0 Å². The molecule has 4 nitrogen and oxygen atoms in total. The number of nitrogens with two attached hydrogens (primary N) is 1. The molecule has 1 amide bonds. The predicted octanol–water partition coefficient (Wildman–Crippen LogP) is 4.16. The summed E-state index contributed by atoms with van der Waals surface area (Å²) in [6.07, 6.45) is 0.984. The number of hydrogen-bond acceptors (Lipinski definition) is 3. The molecule has 0 bridgehead atoms. The molecule has 0 aliphatic carbocycles. The second-order valence-corrected chi connectivity index (χ2v) is 6.26. The monoisotopic (exact) mass is 345 g/mol. The number of carbonyl (C=O) groups is 1. The second kappa shape index (κ2) is 8.71. The van der Waals surface area contributed by atoms with Crippen molar-refractivity contribution in [2.75, 3.05) is 17.6 Å². The number of hydrogen-bond donors (Lipinski definition) is 2. The van der Waals surface area contributed by atoms with Gasteiger partial charge in [-0.25, -0.2) is 0 Å². The normalized spacial score (nSPS) is 12.2. The Bertz CT molecular complexity index is 676. The molecule has 0 aromatic heterocycles. The first kappa shape index (κ1) is 18.3. The van der Waals surface area contributed by atoms with Gasteiger partial charge in [-0.2, -0.15) is 0 Å². The molecule has 0 aliphatic heterocycles. The van der Waals surface area contributed by atoms with Gasteiger partial charge in [0.05, 0.1) is 16.8 Å². The van der Waals surface area contributed by atoms with E-state index in [-0.39, 0.29) is 11.9 Å². The molecular formula is C19H24ClN3O. The first-order valence-corrected chi connectivity index (χ1v) is 8.53. The van der Waals surface area contributed by atoms with Crippen LogP contribution in [0.4, 0.5) is 11.4 Å². The lowest BCUT2D eigenvalue weighted by atomic mass is 10.1. The van der Waals surface area contributed by atoms with E-state index in [1.807, 2.05) is 25.1 Å². The maximum atomic E-state index is 12.6. The lowest BCUT2D eigenvalue weighted by molar-refractivity contribution is -0.121. The molecule has 0 radical (unpaired) electrons. The van der Waals surface area contributed by atoms with Gasteiger partial charge in [0.2, 0.25) is 5.91 Å². The van der Waals surface area contributed by atoms with Crippen molar-refractivity contribution in [1.29, 1.82) is 0 Å². The standard InChI is InChI=1S/C19H24ClN3O/c1-3-11-23(13-15-7-5-4-6-8-15)14(2)19(24)22-16-9-10-17(20)18(21)12-16/h4-10,12,14H,3,11,13,21H2,1-2H3,(H,22,24). The summed E-state index contributed by atoms with van der Waals surface area (Å²) in [7, 11) is 0. The molecule has 2 rings (SSSR count). The molecule has 1 atom stereocenters. The van der Waals surface area contributed by atoms with E-state index < -0.39 is 0 Å². The topological polar surface area (TPSA) is 58.4 Å². The molecule has 0 saturated carbocycles.